The molecule has 8 nitrogen and oxygen atoms in total. The molecule has 1 aromatic heterocycles. The zero-order valence-corrected chi connectivity index (χ0v) is 12.5. The smallest absolute Gasteiger partial charge is 0.244 e. The number of nitrogens with zero attached hydrogens (tertiary/aromatic N) is 5. The van der Waals surface area contributed by atoms with Crippen LogP contribution in [0.3, 0.4) is 0 Å². The van der Waals surface area contributed by atoms with Gasteiger partial charge in [-0.2, -0.15) is 5.10 Å². The molecule has 2 saturated heterocycles. The molecule has 0 N–H and O–H groups in total. The topological polar surface area (TPSA) is 88.4 Å². The Kier molecular flexibility index (Phi) is 3.24. The average molecular weight is 315 g/mol. The molecule has 0 radical (unpaired) electrons. The Morgan fingerprint density at radius 2 is 1.78 bits per heavy atom. The van der Waals surface area contributed by atoms with Crippen LogP contribution in [0.25, 0.3) is 0 Å². The molecule has 1 aromatic rings. The Hall–Kier alpha value is -2.51. The van der Waals surface area contributed by atoms with E-state index < -0.39 is 0 Å². The van der Waals surface area contributed by atoms with Gasteiger partial charge in [-0.05, 0) is 12.8 Å². The van der Waals surface area contributed by atoms with Crippen LogP contribution in [-0.2, 0) is 20.9 Å². The van der Waals surface area contributed by atoms with Gasteiger partial charge in [-0.15, -0.1) is 0 Å². The molecule has 0 aromatic carbocycles. The highest BCUT2D eigenvalue weighted by atomic mass is 16.2. The highest BCUT2D eigenvalue weighted by molar-refractivity contribution is 6.06. The molecule has 0 bridgehead atoms. The number of fused-ring (bicyclic) bond motifs is 1. The van der Waals surface area contributed by atoms with Gasteiger partial charge in [0.1, 0.15) is 19.2 Å². The van der Waals surface area contributed by atoms with E-state index in [1.165, 1.54) is 22.2 Å². The summed E-state index contributed by atoms with van der Waals surface area (Å²) >= 11 is 0. The number of aromatic nitrogens is 3. The molecule has 2 fully saturated rings. The fourth-order valence-corrected chi connectivity index (χ4v) is 3.56. The minimum Gasteiger partial charge on any atom is -0.337 e. The molecule has 4 rings (SSSR count). The minimum absolute atomic E-state index is 0.0716. The third-order valence-electron chi connectivity index (χ3n) is 4.89. The van der Waals surface area contributed by atoms with E-state index in [9.17, 15) is 14.4 Å². The fourth-order valence-electron chi connectivity index (χ4n) is 3.56. The molecule has 8 heteroatoms. The van der Waals surface area contributed by atoms with Crippen molar-refractivity contribution in [1.82, 2.24) is 24.6 Å². The summed E-state index contributed by atoms with van der Waals surface area (Å²) in [7, 11) is 0. The summed E-state index contributed by atoms with van der Waals surface area (Å²) < 4.78 is 1.46. The number of amides is 3. The summed E-state index contributed by atoms with van der Waals surface area (Å²) in [5, 5.41) is 3.90. The fraction of sp³-hybridized carbons (Fsp3) is 0.533. The van der Waals surface area contributed by atoms with Gasteiger partial charge in [0.15, 0.2) is 0 Å². The second-order valence-corrected chi connectivity index (χ2v) is 6.25. The Morgan fingerprint density at radius 1 is 1.13 bits per heavy atom. The lowest BCUT2D eigenvalue weighted by Crippen LogP contribution is -2.63. The van der Waals surface area contributed by atoms with Crippen molar-refractivity contribution in [2.45, 2.75) is 25.4 Å². The van der Waals surface area contributed by atoms with E-state index in [-0.39, 0.29) is 42.1 Å². The lowest BCUT2D eigenvalue weighted by Gasteiger charge is -2.43. The van der Waals surface area contributed by atoms with Crippen molar-refractivity contribution in [3.63, 3.8) is 0 Å². The number of allylic oxidation sites excluding steroid dienone is 2. The molecular weight excluding hydrogens is 298 g/mol. The van der Waals surface area contributed by atoms with Crippen molar-refractivity contribution in [2.75, 3.05) is 13.1 Å². The number of imide groups is 1. The first-order valence-electron chi connectivity index (χ1n) is 7.77. The van der Waals surface area contributed by atoms with Gasteiger partial charge in [0.2, 0.25) is 17.7 Å². The maximum atomic E-state index is 12.5. The molecule has 3 heterocycles. The first-order chi connectivity index (χ1) is 11.1. The van der Waals surface area contributed by atoms with Gasteiger partial charge in [0, 0.05) is 13.1 Å². The van der Waals surface area contributed by atoms with Gasteiger partial charge < -0.3 is 4.90 Å². The van der Waals surface area contributed by atoms with Crippen molar-refractivity contribution in [3.8, 4) is 0 Å². The van der Waals surface area contributed by atoms with Crippen LogP contribution in [0.4, 0.5) is 0 Å². The van der Waals surface area contributed by atoms with Crippen LogP contribution in [0, 0.1) is 11.8 Å². The normalized spacial score (nSPS) is 27.3. The van der Waals surface area contributed by atoms with E-state index >= 15 is 0 Å². The van der Waals surface area contributed by atoms with Crippen LogP contribution >= 0.6 is 0 Å². The number of hydrogen-bond acceptors (Lipinski definition) is 5. The largest absolute Gasteiger partial charge is 0.337 e. The Bertz CT molecular complexity index is 651. The van der Waals surface area contributed by atoms with E-state index in [4.69, 9.17) is 0 Å². The van der Waals surface area contributed by atoms with Crippen LogP contribution in [0.2, 0.25) is 0 Å². The quantitative estimate of drug-likeness (QED) is 0.551. The van der Waals surface area contributed by atoms with E-state index in [2.05, 4.69) is 10.1 Å². The predicted molar refractivity (Wildman–Crippen MR) is 77.6 cm³/mol. The number of rotatable bonds is 3. The summed E-state index contributed by atoms with van der Waals surface area (Å²) in [5.41, 5.74) is 0. The van der Waals surface area contributed by atoms with Crippen molar-refractivity contribution < 1.29 is 14.4 Å². The van der Waals surface area contributed by atoms with Crippen molar-refractivity contribution in [3.05, 3.63) is 24.8 Å². The van der Waals surface area contributed by atoms with Gasteiger partial charge in [-0.1, -0.05) is 12.2 Å². The molecule has 0 saturated carbocycles. The first-order valence-corrected chi connectivity index (χ1v) is 7.77. The highest BCUT2D eigenvalue weighted by Gasteiger charge is 2.52. The number of likely N-dealkylation sites (tertiary alicyclic amines) is 2. The van der Waals surface area contributed by atoms with E-state index in [1.807, 2.05) is 12.2 Å². The van der Waals surface area contributed by atoms with Gasteiger partial charge in [-0.25, -0.2) is 9.67 Å². The summed E-state index contributed by atoms with van der Waals surface area (Å²) in [6.45, 7) is 0.958. The van der Waals surface area contributed by atoms with E-state index in [0.29, 0.717) is 25.9 Å². The first kappa shape index (κ1) is 14.1. The summed E-state index contributed by atoms with van der Waals surface area (Å²) in [4.78, 5) is 43.9. The summed E-state index contributed by atoms with van der Waals surface area (Å²) in [6.07, 6.45) is 8.11. The van der Waals surface area contributed by atoms with Crippen molar-refractivity contribution >= 4 is 17.7 Å². The second-order valence-electron chi connectivity index (χ2n) is 6.25. The monoisotopic (exact) mass is 315 g/mol. The standard InChI is InChI=1S/C15H17N5O3/c21-13(7-19-9-16-8-17-19)18-5-10(6-18)20-14(22)11-3-1-2-4-12(11)15(20)23/h1-2,8-12H,3-7H2. The third kappa shape index (κ3) is 2.25. The molecule has 2 aliphatic heterocycles. The predicted octanol–water partition coefficient (Wildman–Crippen LogP) is -0.560. The van der Waals surface area contributed by atoms with Crippen LogP contribution in [0.15, 0.2) is 24.8 Å². The molecule has 23 heavy (non-hydrogen) atoms. The van der Waals surface area contributed by atoms with Crippen LogP contribution < -0.4 is 0 Å². The van der Waals surface area contributed by atoms with Gasteiger partial charge in [0.25, 0.3) is 0 Å². The van der Waals surface area contributed by atoms with Crippen molar-refractivity contribution in [1.29, 1.82) is 0 Å². The Balaban J connectivity index is 1.37. The second kappa shape index (κ2) is 5.29. The van der Waals surface area contributed by atoms with E-state index in [0.717, 1.165) is 0 Å². The highest BCUT2D eigenvalue weighted by Crippen LogP contribution is 2.37. The zero-order valence-electron chi connectivity index (χ0n) is 12.5. The number of hydrogen-bond donors (Lipinski definition) is 0. The van der Waals surface area contributed by atoms with Gasteiger partial charge in [0.05, 0.1) is 17.9 Å². The van der Waals surface area contributed by atoms with E-state index in [1.54, 1.807) is 4.90 Å². The third-order valence-corrected chi connectivity index (χ3v) is 4.89. The molecule has 1 aliphatic carbocycles. The van der Waals surface area contributed by atoms with Crippen LogP contribution in [0.1, 0.15) is 12.8 Å². The SMILES string of the molecule is O=C(Cn1cncn1)N1CC(N2C(=O)C3CC=CCC3C2=O)C1. The summed E-state index contributed by atoms with van der Waals surface area (Å²) in [5.74, 6) is -0.625. The number of carbonyl (C=O) groups is 3. The minimum atomic E-state index is -0.201. The molecule has 3 aliphatic rings. The molecule has 120 valence electrons. The molecule has 3 amide bonds. The van der Waals surface area contributed by atoms with Crippen molar-refractivity contribution in [2.24, 2.45) is 11.8 Å². The maximum Gasteiger partial charge on any atom is 0.244 e. The zero-order chi connectivity index (χ0) is 16.0. The number of carbonyl (C=O) groups excluding carboxylic acids is 3. The lowest BCUT2D eigenvalue weighted by atomic mass is 9.85. The maximum absolute atomic E-state index is 12.5. The lowest BCUT2D eigenvalue weighted by molar-refractivity contribution is -0.153. The average Bonchev–Trinajstić information content (AvgIpc) is 3.09. The molecule has 2 atom stereocenters. The summed E-state index contributed by atoms with van der Waals surface area (Å²) in [6, 6.07) is -0.180. The van der Waals surface area contributed by atoms with Crippen LogP contribution in [0.5, 0.6) is 0 Å². The van der Waals surface area contributed by atoms with Crippen LogP contribution in [-0.4, -0.2) is 61.4 Å². The Morgan fingerprint density at radius 3 is 2.35 bits per heavy atom. The van der Waals surface area contributed by atoms with Gasteiger partial charge >= 0.3 is 0 Å². The molecule has 0 spiro atoms. The molecular formula is C15H17N5O3. The Labute approximate surface area is 132 Å². The van der Waals surface area contributed by atoms with Gasteiger partial charge in [-0.3, -0.25) is 19.3 Å². The molecule has 2 unspecified atom stereocenters.